The molecule has 220 valence electrons. The summed E-state index contributed by atoms with van der Waals surface area (Å²) in [7, 11) is 3.06. The molecule has 1 N–H and O–H groups in total. The number of nitrogens with one attached hydrogen (secondary N) is 1. The number of carbonyl (C=O) groups is 3. The fourth-order valence-corrected chi connectivity index (χ4v) is 5.12. The molecule has 41 heavy (non-hydrogen) atoms. The van der Waals surface area contributed by atoms with Gasteiger partial charge in [0, 0.05) is 50.5 Å². The summed E-state index contributed by atoms with van der Waals surface area (Å²) in [6.45, 7) is 5.20. The smallest absolute Gasteiger partial charge is 0.416 e. The number of carbonyl (C=O) groups excluding carboxylic acids is 3. The molecule has 2 atom stereocenters. The summed E-state index contributed by atoms with van der Waals surface area (Å²) in [5.74, 6) is -0.208. The van der Waals surface area contributed by atoms with E-state index >= 15 is 0 Å². The van der Waals surface area contributed by atoms with Crippen LogP contribution in [-0.2, 0) is 15.7 Å². The minimum atomic E-state index is -4.52. The van der Waals surface area contributed by atoms with Crippen molar-refractivity contribution in [2.24, 2.45) is 0 Å². The van der Waals surface area contributed by atoms with Crippen LogP contribution in [0.4, 0.5) is 18.0 Å². The number of likely N-dealkylation sites (N-methyl/N-ethyl adjacent to an activating group) is 1. The van der Waals surface area contributed by atoms with E-state index in [0.717, 1.165) is 12.1 Å². The van der Waals surface area contributed by atoms with Gasteiger partial charge in [-0.3, -0.25) is 14.6 Å². The van der Waals surface area contributed by atoms with Crippen molar-refractivity contribution in [1.82, 2.24) is 20.0 Å². The van der Waals surface area contributed by atoms with E-state index in [-0.39, 0.29) is 30.7 Å². The molecule has 4 rings (SSSR count). The monoisotopic (exact) mass is 574 g/mol. The first-order valence-corrected chi connectivity index (χ1v) is 13.2. The van der Waals surface area contributed by atoms with E-state index in [4.69, 9.17) is 9.47 Å². The molecule has 2 aliphatic heterocycles. The summed E-state index contributed by atoms with van der Waals surface area (Å²) in [5, 5.41) is 2.72. The Hall–Kier alpha value is -4.06. The van der Waals surface area contributed by atoms with E-state index in [1.807, 2.05) is 11.8 Å². The lowest BCUT2D eigenvalue weighted by molar-refractivity contribution is -0.139. The molecule has 2 aliphatic rings. The zero-order chi connectivity index (χ0) is 29.9. The highest BCUT2D eigenvalue weighted by Crippen LogP contribution is 2.34. The first-order valence-electron chi connectivity index (χ1n) is 13.2. The van der Waals surface area contributed by atoms with Crippen LogP contribution in [0.25, 0.3) is 0 Å². The molecule has 2 unspecified atom stereocenters. The molecule has 1 saturated heterocycles. The highest BCUT2D eigenvalue weighted by molar-refractivity contribution is 5.96. The van der Waals surface area contributed by atoms with E-state index in [9.17, 15) is 27.6 Å². The van der Waals surface area contributed by atoms with Gasteiger partial charge in [-0.05, 0) is 49.7 Å². The maximum atomic E-state index is 13.2. The zero-order valence-corrected chi connectivity index (χ0v) is 23.3. The quantitative estimate of drug-likeness (QED) is 0.502. The number of esters is 1. The molecular formula is C29H33F3N4O5. The second kappa shape index (κ2) is 12.2. The number of amides is 3. The number of urea groups is 1. The molecule has 9 nitrogen and oxygen atoms in total. The Morgan fingerprint density at radius 1 is 1.10 bits per heavy atom. The highest BCUT2D eigenvalue weighted by atomic mass is 19.4. The van der Waals surface area contributed by atoms with Gasteiger partial charge in [-0.1, -0.05) is 18.2 Å². The lowest BCUT2D eigenvalue weighted by Crippen LogP contribution is -2.56. The van der Waals surface area contributed by atoms with E-state index in [2.05, 4.69) is 5.32 Å². The molecule has 0 spiro atoms. The van der Waals surface area contributed by atoms with Crippen molar-refractivity contribution < 1.29 is 37.0 Å². The molecule has 0 bridgehead atoms. The van der Waals surface area contributed by atoms with Gasteiger partial charge in [-0.25, -0.2) is 9.59 Å². The van der Waals surface area contributed by atoms with Gasteiger partial charge in [-0.15, -0.1) is 0 Å². The van der Waals surface area contributed by atoms with Crippen LogP contribution in [0.3, 0.4) is 0 Å². The molecule has 2 heterocycles. The summed E-state index contributed by atoms with van der Waals surface area (Å²) in [6.07, 6.45) is -4.52. The minimum Gasteiger partial charge on any atom is -0.497 e. The minimum absolute atomic E-state index is 0.0785. The fourth-order valence-electron chi connectivity index (χ4n) is 5.12. The van der Waals surface area contributed by atoms with E-state index in [1.165, 1.54) is 31.2 Å². The van der Waals surface area contributed by atoms with Crippen LogP contribution in [0, 0.1) is 0 Å². The van der Waals surface area contributed by atoms with Crippen LogP contribution in [-0.4, -0.2) is 85.6 Å². The van der Waals surface area contributed by atoms with E-state index < -0.39 is 29.8 Å². The van der Waals surface area contributed by atoms with Crippen molar-refractivity contribution >= 4 is 17.9 Å². The van der Waals surface area contributed by atoms with Gasteiger partial charge in [0.15, 0.2) is 0 Å². The van der Waals surface area contributed by atoms with Crippen molar-refractivity contribution in [1.29, 1.82) is 0 Å². The van der Waals surface area contributed by atoms with Gasteiger partial charge in [0.1, 0.15) is 5.75 Å². The van der Waals surface area contributed by atoms with Crippen LogP contribution in [0.1, 0.15) is 41.4 Å². The van der Waals surface area contributed by atoms with Gasteiger partial charge < -0.3 is 19.7 Å². The Balaban J connectivity index is 1.60. The average Bonchev–Trinajstić information content (AvgIpc) is 2.94. The summed E-state index contributed by atoms with van der Waals surface area (Å²) >= 11 is 0. The van der Waals surface area contributed by atoms with Crippen molar-refractivity contribution in [3.63, 3.8) is 0 Å². The number of piperazine rings is 1. The van der Waals surface area contributed by atoms with Crippen LogP contribution >= 0.6 is 0 Å². The third kappa shape index (κ3) is 6.48. The molecular weight excluding hydrogens is 541 g/mol. The van der Waals surface area contributed by atoms with Gasteiger partial charge in [0.05, 0.1) is 30.9 Å². The van der Waals surface area contributed by atoms with E-state index in [1.54, 1.807) is 36.1 Å². The van der Waals surface area contributed by atoms with Crippen molar-refractivity contribution in [2.75, 3.05) is 46.9 Å². The van der Waals surface area contributed by atoms with Gasteiger partial charge in [-0.2, -0.15) is 13.2 Å². The number of hydrogen-bond donors (Lipinski definition) is 1. The molecule has 0 aliphatic carbocycles. The van der Waals surface area contributed by atoms with Gasteiger partial charge >= 0.3 is 18.2 Å². The summed E-state index contributed by atoms with van der Waals surface area (Å²) < 4.78 is 50.0. The predicted molar refractivity (Wildman–Crippen MR) is 144 cm³/mol. The third-order valence-corrected chi connectivity index (χ3v) is 7.31. The Labute approximate surface area is 236 Å². The molecule has 3 amide bonds. The summed E-state index contributed by atoms with van der Waals surface area (Å²) in [4.78, 5) is 44.5. The van der Waals surface area contributed by atoms with Crippen LogP contribution in [0.2, 0.25) is 0 Å². The summed E-state index contributed by atoms with van der Waals surface area (Å²) in [5.41, 5.74) is 0.535. The molecule has 2 aromatic rings. The van der Waals surface area contributed by atoms with Crippen LogP contribution in [0.5, 0.6) is 5.75 Å². The van der Waals surface area contributed by atoms with Crippen molar-refractivity contribution in [3.8, 4) is 5.75 Å². The summed E-state index contributed by atoms with van der Waals surface area (Å²) in [6, 6.07) is 9.61. The number of rotatable bonds is 7. The normalized spacial score (nSPS) is 20.1. The lowest BCUT2D eigenvalue weighted by Gasteiger charge is -2.42. The largest absolute Gasteiger partial charge is 0.497 e. The lowest BCUT2D eigenvalue weighted by atomic mass is 9.93. The number of nitrogens with zero attached hydrogens (tertiary/aromatic N) is 3. The molecule has 1 fully saturated rings. The Bertz CT molecular complexity index is 1330. The first-order chi connectivity index (χ1) is 19.4. The maximum absolute atomic E-state index is 13.2. The number of hydrogen-bond acceptors (Lipinski definition) is 6. The van der Waals surface area contributed by atoms with Gasteiger partial charge in [0.2, 0.25) is 0 Å². The van der Waals surface area contributed by atoms with Crippen molar-refractivity contribution in [2.45, 2.75) is 32.1 Å². The third-order valence-electron chi connectivity index (χ3n) is 7.31. The topological polar surface area (TPSA) is 91.4 Å². The molecule has 0 radical (unpaired) electrons. The van der Waals surface area contributed by atoms with Crippen molar-refractivity contribution in [3.05, 3.63) is 76.5 Å². The number of methoxy groups -OCH3 is 1. The van der Waals surface area contributed by atoms with Gasteiger partial charge in [0.25, 0.3) is 5.91 Å². The molecule has 0 aromatic heterocycles. The average molecular weight is 575 g/mol. The standard InChI is InChI=1S/C29H33F3N4O5/c1-5-41-27(38)24-23(34(3)28(39)33-25(24)19-9-11-21(12-10-19)29(30,31)32)17-35-13-14-36(18(2)16-35)26(37)20-7-6-8-22(15-20)40-4/h6-12,15,18,25H,5,13-14,16-17H2,1-4H3,(H,33,39). The fraction of sp³-hybridized carbons (Fsp3) is 0.414. The maximum Gasteiger partial charge on any atom is 0.416 e. The van der Waals surface area contributed by atoms with Crippen LogP contribution in [0.15, 0.2) is 59.8 Å². The van der Waals surface area contributed by atoms with E-state index in [0.29, 0.717) is 42.2 Å². The number of benzene rings is 2. The highest BCUT2D eigenvalue weighted by Gasteiger charge is 2.39. The zero-order valence-electron chi connectivity index (χ0n) is 23.3. The Kier molecular flexibility index (Phi) is 8.91. The molecule has 0 saturated carbocycles. The second-order valence-electron chi connectivity index (χ2n) is 9.96. The number of halogens is 3. The first kappa shape index (κ1) is 29.9. The number of ether oxygens (including phenoxy) is 2. The Morgan fingerprint density at radius 3 is 2.41 bits per heavy atom. The second-order valence-corrected chi connectivity index (χ2v) is 9.96. The van der Waals surface area contributed by atoms with Crippen LogP contribution < -0.4 is 10.1 Å². The Morgan fingerprint density at radius 2 is 1.80 bits per heavy atom. The molecule has 12 heteroatoms. The number of alkyl halides is 3. The SMILES string of the molecule is CCOC(=O)C1=C(CN2CCN(C(=O)c3cccc(OC)c3)C(C)C2)N(C)C(=O)NC1c1ccc(C(F)(F)F)cc1. The predicted octanol–water partition coefficient (Wildman–Crippen LogP) is 4.07. The molecule has 2 aromatic carbocycles.